The first kappa shape index (κ1) is 23.8. The van der Waals surface area contributed by atoms with Crippen molar-refractivity contribution >= 4 is 12.1 Å². The second-order valence-electron chi connectivity index (χ2n) is 7.67. The van der Waals surface area contributed by atoms with E-state index in [0.717, 1.165) is 51.4 Å². The Bertz CT molecular complexity index is 400. The van der Waals surface area contributed by atoms with E-state index in [1.54, 1.807) is 4.90 Å². The fraction of sp³-hybridized carbons (Fsp3) is 0.909. The number of piperidine rings is 1. The first-order valence-electron chi connectivity index (χ1n) is 11.3. The number of unbranched alkanes of at least 4 members (excludes halogenated alkanes) is 9. The molecule has 5 nitrogen and oxygen atoms in total. The minimum atomic E-state index is -0.466. The molecule has 0 bridgehead atoms. The second-order valence-corrected chi connectivity index (χ2v) is 7.67. The van der Waals surface area contributed by atoms with Gasteiger partial charge in [0.15, 0.2) is 0 Å². The zero-order chi connectivity index (χ0) is 19.7. The summed E-state index contributed by atoms with van der Waals surface area (Å²) in [6.45, 7) is 5.86. The Morgan fingerprint density at radius 2 is 1.33 bits per heavy atom. The maximum absolute atomic E-state index is 12.4. The van der Waals surface area contributed by atoms with E-state index in [1.165, 1.54) is 32.1 Å². The van der Waals surface area contributed by atoms with Crippen molar-refractivity contribution in [3.8, 4) is 0 Å². The van der Waals surface area contributed by atoms with Gasteiger partial charge in [0.25, 0.3) is 0 Å². The third kappa shape index (κ3) is 10.6. The van der Waals surface area contributed by atoms with Gasteiger partial charge in [-0.15, -0.1) is 0 Å². The number of hydrogen-bond acceptors (Lipinski definition) is 4. The maximum Gasteiger partial charge on any atom is 0.410 e. The van der Waals surface area contributed by atoms with Crippen molar-refractivity contribution in [2.24, 2.45) is 0 Å². The average Bonchev–Trinajstić information content (AvgIpc) is 2.69. The smallest absolute Gasteiger partial charge is 0.410 e. The fourth-order valence-corrected chi connectivity index (χ4v) is 3.49. The second kappa shape index (κ2) is 15.8. The molecule has 0 saturated carbocycles. The Labute approximate surface area is 166 Å². The Balaban J connectivity index is 2.24. The number of nitrogens with zero attached hydrogens (tertiary/aromatic N) is 1. The van der Waals surface area contributed by atoms with E-state index in [0.29, 0.717) is 26.2 Å². The van der Waals surface area contributed by atoms with Gasteiger partial charge < -0.3 is 9.47 Å². The number of rotatable bonds is 14. The molecule has 0 spiro atoms. The molecule has 158 valence electrons. The highest BCUT2D eigenvalue weighted by Crippen LogP contribution is 2.20. The van der Waals surface area contributed by atoms with E-state index in [4.69, 9.17) is 9.47 Å². The fourth-order valence-electron chi connectivity index (χ4n) is 3.49. The SMILES string of the molecule is CCCCCCCCCOC(=O)C1CCCCN1C(=O)OCCCCCC. The predicted molar refractivity (Wildman–Crippen MR) is 109 cm³/mol. The lowest BCUT2D eigenvalue weighted by molar-refractivity contribution is -0.150. The molecule has 0 aliphatic carbocycles. The van der Waals surface area contributed by atoms with Crippen molar-refractivity contribution in [2.75, 3.05) is 19.8 Å². The Hall–Kier alpha value is -1.26. The van der Waals surface area contributed by atoms with Crippen molar-refractivity contribution in [2.45, 2.75) is 110 Å². The average molecular weight is 384 g/mol. The topological polar surface area (TPSA) is 55.8 Å². The van der Waals surface area contributed by atoms with Crippen LogP contribution in [0.3, 0.4) is 0 Å². The zero-order valence-corrected chi connectivity index (χ0v) is 17.7. The van der Waals surface area contributed by atoms with Crippen LogP contribution >= 0.6 is 0 Å². The molecule has 1 saturated heterocycles. The summed E-state index contributed by atoms with van der Waals surface area (Å²) in [7, 11) is 0. The lowest BCUT2D eigenvalue weighted by Crippen LogP contribution is -2.49. The summed E-state index contributed by atoms with van der Waals surface area (Å²) in [5.74, 6) is -0.261. The predicted octanol–water partition coefficient (Wildman–Crippen LogP) is 5.85. The first-order valence-corrected chi connectivity index (χ1v) is 11.3. The van der Waals surface area contributed by atoms with Crippen molar-refractivity contribution < 1.29 is 19.1 Å². The van der Waals surface area contributed by atoms with Gasteiger partial charge in [-0.05, 0) is 32.1 Å². The largest absolute Gasteiger partial charge is 0.464 e. The van der Waals surface area contributed by atoms with Crippen LogP contribution in [0.1, 0.15) is 104 Å². The molecule has 1 amide bonds. The number of esters is 1. The molecule has 27 heavy (non-hydrogen) atoms. The van der Waals surface area contributed by atoms with Crippen LogP contribution in [-0.2, 0) is 14.3 Å². The highest BCUT2D eigenvalue weighted by Gasteiger charge is 2.34. The van der Waals surface area contributed by atoms with Crippen LogP contribution in [0, 0.1) is 0 Å². The summed E-state index contributed by atoms with van der Waals surface area (Å²) in [4.78, 5) is 26.4. The number of ether oxygens (including phenoxy) is 2. The van der Waals surface area contributed by atoms with E-state index in [9.17, 15) is 9.59 Å². The molecule has 0 aromatic heterocycles. The molecule has 1 fully saturated rings. The van der Waals surface area contributed by atoms with Crippen molar-refractivity contribution in [3.05, 3.63) is 0 Å². The van der Waals surface area contributed by atoms with Crippen LogP contribution < -0.4 is 0 Å². The molecule has 1 rings (SSSR count). The van der Waals surface area contributed by atoms with Crippen LogP contribution in [0.4, 0.5) is 4.79 Å². The first-order chi connectivity index (χ1) is 13.2. The Kier molecular flexibility index (Phi) is 13.9. The van der Waals surface area contributed by atoms with E-state index >= 15 is 0 Å². The highest BCUT2D eigenvalue weighted by molar-refractivity contribution is 5.81. The van der Waals surface area contributed by atoms with Gasteiger partial charge in [0.1, 0.15) is 6.04 Å². The van der Waals surface area contributed by atoms with Crippen LogP contribution in [0.25, 0.3) is 0 Å². The third-order valence-electron chi connectivity index (χ3n) is 5.23. The molecule has 0 N–H and O–H groups in total. The van der Waals surface area contributed by atoms with Gasteiger partial charge in [-0.1, -0.05) is 71.6 Å². The van der Waals surface area contributed by atoms with Gasteiger partial charge in [0.2, 0.25) is 0 Å². The number of hydrogen-bond donors (Lipinski definition) is 0. The summed E-state index contributed by atoms with van der Waals surface area (Å²) >= 11 is 0. The Morgan fingerprint density at radius 3 is 2.00 bits per heavy atom. The standard InChI is InChI=1S/C22H41NO4/c1-3-5-7-9-10-11-15-18-26-21(24)20-16-12-13-17-23(20)22(25)27-19-14-8-6-4-2/h20H,3-19H2,1-2H3. The number of amides is 1. The lowest BCUT2D eigenvalue weighted by atomic mass is 10.0. The third-order valence-corrected chi connectivity index (χ3v) is 5.23. The van der Waals surface area contributed by atoms with E-state index < -0.39 is 6.04 Å². The molecular formula is C22H41NO4. The zero-order valence-electron chi connectivity index (χ0n) is 17.7. The molecule has 1 aliphatic rings. The van der Waals surface area contributed by atoms with Crippen LogP contribution in [0.5, 0.6) is 0 Å². The lowest BCUT2D eigenvalue weighted by Gasteiger charge is -2.33. The molecule has 0 radical (unpaired) electrons. The van der Waals surface area contributed by atoms with Gasteiger partial charge in [-0.3, -0.25) is 4.90 Å². The van der Waals surface area contributed by atoms with Gasteiger partial charge >= 0.3 is 12.1 Å². The molecule has 1 unspecified atom stereocenters. The molecule has 0 aromatic rings. The summed E-state index contributed by atoms with van der Waals surface area (Å²) in [6.07, 6.45) is 14.8. The normalized spacial score (nSPS) is 17.0. The summed E-state index contributed by atoms with van der Waals surface area (Å²) in [5, 5.41) is 0. The number of carbonyl (C=O) groups excluding carboxylic acids is 2. The molecule has 0 aromatic carbocycles. The summed E-state index contributed by atoms with van der Waals surface area (Å²) < 4.78 is 10.8. The van der Waals surface area contributed by atoms with Gasteiger partial charge in [0.05, 0.1) is 13.2 Å². The van der Waals surface area contributed by atoms with Gasteiger partial charge in [0, 0.05) is 6.54 Å². The van der Waals surface area contributed by atoms with E-state index in [1.807, 2.05) is 0 Å². The molecular weight excluding hydrogens is 342 g/mol. The van der Waals surface area contributed by atoms with Gasteiger partial charge in [-0.2, -0.15) is 0 Å². The van der Waals surface area contributed by atoms with Crippen molar-refractivity contribution in [1.29, 1.82) is 0 Å². The molecule has 1 heterocycles. The van der Waals surface area contributed by atoms with Gasteiger partial charge in [-0.25, -0.2) is 9.59 Å². The quantitative estimate of drug-likeness (QED) is 0.279. The Morgan fingerprint density at radius 1 is 0.778 bits per heavy atom. The minimum absolute atomic E-state index is 0.261. The molecule has 5 heteroatoms. The van der Waals surface area contributed by atoms with E-state index in [2.05, 4.69) is 13.8 Å². The van der Waals surface area contributed by atoms with Crippen molar-refractivity contribution in [1.82, 2.24) is 4.90 Å². The summed E-state index contributed by atoms with van der Waals surface area (Å²) in [5.41, 5.74) is 0. The number of likely N-dealkylation sites (tertiary alicyclic amines) is 1. The number of carbonyl (C=O) groups is 2. The maximum atomic E-state index is 12.4. The molecule has 1 atom stereocenters. The van der Waals surface area contributed by atoms with Crippen LogP contribution in [-0.4, -0.2) is 42.8 Å². The van der Waals surface area contributed by atoms with E-state index in [-0.39, 0.29) is 12.1 Å². The van der Waals surface area contributed by atoms with Crippen molar-refractivity contribution in [3.63, 3.8) is 0 Å². The highest BCUT2D eigenvalue weighted by atomic mass is 16.6. The monoisotopic (exact) mass is 383 g/mol. The van der Waals surface area contributed by atoms with Crippen LogP contribution in [0.15, 0.2) is 0 Å². The molecule has 1 aliphatic heterocycles. The minimum Gasteiger partial charge on any atom is -0.464 e. The van der Waals surface area contributed by atoms with Crippen LogP contribution in [0.2, 0.25) is 0 Å². The summed E-state index contributed by atoms with van der Waals surface area (Å²) in [6, 6.07) is -0.466.